The first-order valence-electron chi connectivity index (χ1n) is 5.76. The Kier molecular flexibility index (Phi) is 4.98. The van der Waals surface area contributed by atoms with Gasteiger partial charge in [-0.25, -0.2) is 0 Å². The van der Waals surface area contributed by atoms with Crippen LogP contribution in [-0.2, 0) is 0 Å². The molecule has 0 aliphatic carbocycles. The van der Waals surface area contributed by atoms with Gasteiger partial charge in [0.15, 0.2) is 0 Å². The van der Waals surface area contributed by atoms with E-state index in [0.29, 0.717) is 5.56 Å². The number of aliphatic hydroxyl groups excluding tert-OH is 3. The molecule has 0 aromatic heterocycles. The van der Waals surface area contributed by atoms with Crippen LogP contribution in [0.4, 0.5) is 0 Å². The molecule has 0 fully saturated rings. The summed E-state index contributed by atoms with van der Waals surface area (Å²) in [5.74, 6) is 0. The highest BCUT2D eigenvalue weighted by Gasteiger charge is 2.31. The molecule has 0 bridgehead atoms. The molecule has 0 amide bonds. The molecule has 4 atom stereocenters. The maximum atomic E-state index is 9.98. The lowest BCUT2D eigenvalue weighted by Gasteiger charge is -2.27. The van der Waals surface area contributed by atoms with Crippen LogP contribution in [0.25, 0.3) is 0 Å². The van der Waals surface area contributed by atoms with E-state index in [4.69, 9.17) is 11.1 Å². The second-order valence-electron chi connectivity index (χ2n) is 4.55. The van der Waals surface area contributed by atoms with Crippen LogP contribution in [-0.4, -0.2) is 39.3 Å². The van der Waals surface area contributed by atoms with E-state index in [-0.39, 0.29) is 5.71 Å². The summed E-state index contributed by atoms with van der Waals surface area (Å²) in [5, 5.41) is 37.0. The van der Waals surface area contributed by atoms with Crippen LogP contribution in [0.15, 0.2) is 24.3 Å². The molecule has 18 heavy (non-hydrogen) atoms. The molecule has 0 aliphatic heterocycles. The third-order valence-electron chi connectivity index (χ3n) is 2.92. The number of hydrogen-bond donors (Lipinski definition) is 5. The predicted octanol–water partition coefficient (Wildman–Crippen LogP) is 0.117. The smallest absolute Gasteiger partial charge is 0.112 e. The Morgan fingerprint density at radius 3 is 2.33 bits per heavy atom. The SMILES string of the molecule is CC(=N)[C@@H](N)[C@@H](O)[C@@H](O)[C@H](O)c1cccc(C)c1. The summed E-state index contributed by atoms with van der Waals surface area (Å²) in [6.45, 7) is 3.31. The summed E-state index contributed by atoms with van der Waals surface area (Å²) in [6, 6.07) is 6.03. The molecule has 0 aliphatic rings. The van der Waals surface area contributed by atoms with E-state index >= 15 is 0 Å². The number of benzene rings is 1. The van der Waals surface area contributed by atoms with Crippen molar-refractivity contribution < 1.29 is 15.3 Å². The molecule has 0 saturated heterocycles. The van der Waals surface area contributed by atoms with Gasteiger partial charge >= 0.3 is 0 Å². The van der Waals surface area contributed by atoms with Gasteiger partial charge in [0.05, 0.1) is 6.04 Å². The van der Waals surface area contributed by atoms with Crippen molar-refractivity contribution in [3.05, 3.63) is 35.4 Å². The molecule has 0 spiro atoms. The molecular weight excluding hydrogens is 232 g/mol. The number of nitrogens with one attached hydrogen (secondary N) is 1. The van der Waals surface area contributed by atoms with Crippen LogP contribution in [0, 0.1) is 12.3 Å². The van der Waals surface area contributed by atoms with E-state index in [1.54, 1.807) is 18.2 Å². The fourth-order valence-electron chi connectivity index (χ4n) is 1.71. The third-order valence-corrected chi connectivity index (χ3v) is 2.92. The van der Waals surface area contributed by atoms with Gasteiger partial charge in [-0.15, -0.1) is 0 Å². The molecule has 5 nitrogen and oxygen atoms in total. The largest absolute Gasteiger partial charge is 0.388 e. The second-order valence-corrected chi connectivity index (χ2v) is 4.55. The Bertz CT molecular complexity index is 422. The zero-order valence-corrected chi connectivity index (χ0v) is 10.5. The number of rotatable bonds is 5. The van der Waals surface area contributed by atoms with Crippen molar-refractivity contribution >= 4 is 5.71 Å². The van der Waals surface area contributed by atoms with Gasteiger partial charge in [-0.3, -0.25) is 0 Å². The Morgan fingerprint density at radius 2 is 1.83 bits per heavy atom. The predicted molar refractivity (Wildman–Crippen MR) is 69.5 cm³/mol. The molecular formula is C13H20N2O3. The Hall–Kier alpha value is -1.27. The first-order chi connectivity index (χ1) is 8.34. The molecule has 0 saturated carbocycles. The fourth-order valence-corrected chi connectivity index (χ4v) is 1.71. The normalized spacial score (nSPS) is 17.9. The lowest BCUT2D eigenvalue weighted by Crippen LogP contribution is -2.49. The summed E-state index contributed by atoms with van der Waals surface area (Å²) in [4.78, 5) is 0. The van der Waals surface area contributed by atoms with Crippen molar-refractivity contribution in [3.8, 4) is 0 Å². The van der Waals surface area contributed by atoms with Gasteiger partial charge in [-0.2, -0.15) is 0 Å². The van der Waals surface area contributed by atoms with E-state index in [0.717, 1.165) is 5.56 Å². The van der Waals surface area contributed by atoms with E-state index in [1.807, 2.05) is 13.0 Å². The first-order valence-corrected chi connectivity index (χ1v) is 5.76. The molecule has 0 unspecified atom stereocenters. The third kappa shape index (κ3) is 3.36. The number of nitrogens with two attached hydrogens (primary N) is 1. The highest BCUT2D eigenvalue weighted by atomic mass is 16.4. The number of hydrogen-bond acceptors (Lipinski definition) is 5. The number of aryl methyl sites for hydroxylation is 1. The van der Waals surface area contributed by atoms with Crippen molar-refractivity contribution in [2.24, 2.45) is 5.73 Å². The van der Waals surface area contributed by atoms with Crippen LogP contribution in [0.3, 0.4) is 0 Å². The molecule has 100 valence electrons. The maximum Gasteiger partial charge on any atom is 0.112 e. The Labute approximate surface area is 106 Å². The fraction of sp³-hybridized carbons (Fsp3) is 0.462. The molecule has 1 aromatic carbocycles. The highest BCUT2D eigenvalue weighted by Crippen LogP contribution is 2.21. The zero-order valence-electron chi connectivity index (χ0n) is 10.5. The molecule has 5 heteroatoms. The average molecular weight is 252 g/mol. The number of aliphatic hydroxyl groups is 3. The van der Waals surface area contributed by atoms with Crippen LogP contribution in [0.1, 0.15) is 24.2 Å². The quantitative estimate of drug-likeness (QED) is 0.479. The van der Waals surface area contributed by atoms with Crippen molar-refractivity contribution in [3.63, 3.8) is 0 Å². The lowest BCUT2D eigenvalue weighted by molar-refractivity contribution is -0.0624. The van der Waals surface area contributed by atoms with E-state index in [1.165, 1.54) is 6.92 Å². The van der Waals surface area contributed by atoms with Gasteiger partial charge < -0.3 is 26.5 Å². The van der Waals surface area contributed by atoms with Crippen molar-refractivity contribution in [1.29, 1.82) is 5.41 Å². The summed E-state index contributed by atoms with van der Waals surface area (Å²) >= 11 is 0. The average Bonchev–Trinajstić information content (AvgIpc) is 2.35. The van der Waals surface area contributed by atoms with Crippen molar-refractivity contribution in [1.82, 2.24) is 0 Å². The van der Waals surface area contributed by atoms with Crippen LogP contribution < -0.4 is 5.73 Å². The van der Waals surface area contributed by atoms with Crippen molar-refractivity contribution in [2.45, 2.75) is 38.2 Å². The van der Waals surface area contributed by atoms with Gasteiger partial charge in [-0.1, -0.05) is 29.8 Å². The Balaban J connectivity index is 2.83. The summed E-state index contributed by atoms with van der Waals surface area (Å²) in [5.41, 5.74) is 7.07. The minimum Gasteiger partial charge on any atom is -0.388 e. The van der Waals surface area contributed by atoms with Gasteiger partial charge in [0.2, 0.25) is 0 Å². The van der Waals surface area contributed by atoms with Gasteiger partial charge in [0.25, 0.3) is 0 Å². The van der Waals surface area contributed by atoms with E-state index < -0.39 is 24.4 Å². The van der Waals surface area contributed by atoms with E-state index in [2.05, 4.69) is 0 Å². The van der Waals surface area contributed by atoms with Crippen LogP contribution >= 0.6 is 0 Å². The summed E-state index contributed by atoms with van der Waals surface area (Å²) in [7, 11) is 0. The summed E-state index contributed by atoms with van der Waals surface area (Å²) in [6.07, 6.45) is -4.04. The van der Waals surface area contributed by atoms with Crippen LogP contribution in [0.5, 0.6) is 0 Å². The highest BCUT2D eigenvalue weighted by molar-refractivity contribution is 5.84. The summed E-state index contributed by atoms with van der Waals surface area (Å²) < 4.78 is 0. The maximum absolute atomic E-state index is 9.98. The van der Waals surface area contributed by atoms with Gasteiger partial charge in [0.1, 0.15) is 18.3 Å². The van der Waals surface area contributed by atoms with Crippen LogP contribution in [0.2, 0.25) is 0 Å². The van der Waals surface area contributed by atoms with E-state index in [9.17, 15) is 15.3 Å². The first kappa shape index (κ1) is 14.8. The molecule has 6 N–H and O–H groups in total. The van der Waals surface area contributed by atoms with Gasteiger partial charge in [0, 0.05) is 5.71 Å². The standard InChI is InChI=1S/C13H20N2O3/c1-7-4-3-5-9(6-7)11(16)13(18)12(17)10(15)8(2)14/h3-6,10-14,16-18H,15H2,1-2H3/t10-,11-,12-,13+/m1/s1. The van der Waals surface area contributed by atoms with Gasteiger partial charge in [-0.05, 0) is 19.4 Å². The molecule has 0 heterocycles. The molecule has 1 aromatic rings. The minimum atomic E-state index is -1.43. The lowest BCUT2D eigenvalue weighted by atomic mass is 9.94. The zero-order chi connectivity index (χ0) is 13.9. The molecule has 1 rings (SSSR count). The van der Waals surface area contributed by atoms with Crippen molar-refractivity contribution in [2.75, 3.05) is 0 Å². The monoisotopic (exact) mass is 252 g/mol. The minimum absolute atomic E-state index is 0.0537. The second kappa shape index (κ2) is 6.06. The Morgan fingerprint density at radius 1 is 1.22 bits per heavy atom. The molecule has 0 radical (unpaired) electrons. The topological polar surface area (TPSA) is 111 Å².